The summed E-state index contributed by atoms with van der Waals surface area (Å²) in [6.07, 6.45) is 0. The van der Waals surface area contributed by atoms with Crippen LogP contribution in [0, 0.1) is 0 Å². The Hall–Kier alpha value is -8.66. The van der Waals surface area contributed by atoms with Crippen LogP contribution in [-0.4, -0.2) is 14.5 Å². The zero-order chi connectivity index (χ0) is 42.8. The monoisotopic (exact) mass is 825 g/mol. The van der Waals surface area contributed by atoms with Gasteiger partial charge >= 0.3 is 0 Å². The van der Waals surface area contributed by atoms with Crippen molar-refractivity contribution in [3.05, 3.63) is 237 Å². The number of rotatable bonds is 6. The molecule has 13 rings (SSSR count). The second-order valence-electron chi connectivity index (χ2n) is 16.8. The summed E-state index contributed by atoms with van der Waals surface area (Å²) in [7, 11) is 0. The predicted molar refractivity (Wildman–Crippen MR) is 274 cm³/mol. The van der Waals surface area contributed by atoms with E-state index in [0.29, 0.717) is 5.82 Å². The first-order chi connectivity index (χ1) is 32.3. The lowest BCUT2D eigenvalue weighted by atomic mass is 9.83. The first kappa shape index (κ1) is 36.9. The quantitative estimate of drug-likeness (QED) is 0.123. The number of hydrogen-bond donors (Lipinski definition) is 0. The summed E-state index contributed by atoms with van der Waals surface area (Å²) in [6.45, 7) is 0. The highest BCUT2D eigenvalue weighted by Gasteiger charge is 2.21. The highest BCUT2D eigenvalue weighted by atomic mass is 15.1. The van der Waals surface area contributed by atoms with Crippen LogP contribution < -0.4 is 0 Å². The van der Waals surface area contributed by atoms with Crippen LogP contribution in [0.2, 0.25) is 0 Å². The molecule has 0 aliphatic heterocycles. The Morgan fingerprint density at radius 2 is 0.785 bits per heavy atom. The van der Waals surface area contributed by atoms with Crippen LogP contribution in [0.4, 0.5) is 0 Å². The van der Waals surface area contributed by atoms with Crippen molar-refractivity contribution >= 4 is 64.9 Å². The average Bonchev–Trinajstić information content (AvgIpc) is 3.72. The van der Waals surface area contributed by atoms with E-state index >= 15 is 0 Å². The number of aromatic nitrogens is 3. The Labute approximate surface area is 376 Å². The Morgan fingerprint density at radius 1 is 0.292 bits per heavy atom. The minimum Gasteiger partial charge on any atom is -0.294 e. The van der Waals surface area contributed by atoms with Gasteiger partial charge in [0.2, 0.25) is 0 Å². The van der Waals surface area contributed by atoms with Gasteiger partial charge in [0, 0.05) is 28.0 Å². The number of benzene rings is 11. The summed E-state index contributed by atoms with van der Waals surface area (Å²) < 4.78 is 2.28. The maximum absolute atomic E-state index is 5.31. The van der Waals surface area contributed by atoms with Gasteiger partial charge in [-0.05, 0) is 88.6 Å². The summed E-state index contributed by atoms with van der Waals surface area (Å²) in [5, 5.41) is 12.3. The fraction of sp³-hybridized carbons (Fsp3) is 0. The highest BCUT2D eigenvalue weighted by Crippen LogP contribution is 2.47. The molecule has 3 heteroatoms. The van der Waals surface area contributed by atoms with Crippen molar-refractivity contribution in [2.45, 2.75) is 0 Å². The molecule has 13 aromatic rings. The molecule has 2 aromatic heterocycles. The SMILES string of the molecule is c1ccc(-c2nc(-c3ccc(-c4ccc(-c5c6ccccc6c(-c6ccccc6)c6c5ccc5ccccc56)cc4)c4ccccc34)cc(-n3c4ccccc4c4ccccc43)n2)cc1. The number of fused-ring (bicyclic) bond motifs is 8. The van der Waals surface area contributed by atoms with Crippen molar-refractivity contribution in [3.63, 3.8) is 0 Å². The lowest BCUT2D eigenvalue weighted by molar-refractivity contribution is 1.05. The molecule has 0 amide bonds. The van der Waals surface area contributed by atoms with Gasteiger partial charge in [-0.25, -0.2) is 9.97 Å². The molecule has 65 heavy (non-hydrogen) atoms. The van der Waals surface area contributed by atoms with Crippen LogP contribution in [0.25, 0.3) is 127 Å². The van der Waals surface area contributed by atoms with Crippen LogP contribution in [0.1, 0.15) is 0 Å². The summed E-state index contributed by atoms with van der Waals surface area (Å²) >= 11 is 0. The lowest BCUT2D eigenvalue weighted by Gasteiger charge is -2.19. The minimum atomic E-state index is 0.688. The van der Waals surface area contributed by atoms with Gasteiger partial charge in [-0.1, -0.05) is 218 Å². The zero-order valence-electron chi connectivity index (χ0n) is 35.4. The molecular formula is C62H39N3. The molecule has 0 aliphatic rings. The maximum Gasteiger partial charge on any atom is 0.162 e. The smallest absolute Gasteiger partial charge is 0.162 e. The molecule has 0 bridgehead atoms. The standard InChI is InChI=1S/C62H39N3/c1-3-18-42(19-4-1)60-53-28-12-11-27-52(53)59(54-36-35-40-17-7-8-22-46(40)61(54)60)43-33-31-41(32-34-43)45-37-38-49(48-24-10-9-23-47(45)48)55-39-58(64-62(63-55)44-20-5-2-6-21-44)65-56-29-15-13-25-50(56)51-26-14-16-30-57(51)65/h1-39H. The third-order valence-electron chi connectivity index (χ3n) is 13.2. The predicted octanol–water partition coefficient (Wildman–Crippen LogP) is 16.5. The van der Waals surface area contributed by atoms with Crippen LogP contribution in [0.3, 0.4) is 0 Å². The molecule has 302 valence electrons. The van der Waals surface area contributed by atoms with Gasteiger partial charge in [-0.3, -0.25) is 4.57 Å². The van der Waals surface area contributed by atoms with Gasteiger partial charge in [-0.2, -0.15) is 0 Å². The topological polar surface area (TPSA) is 30.7 Å². The fourth-order valence-electron chi connectivity index (χ4n) is 10.3. The Morgan fingerprint density at radius 3 is 1.46 bits per heavy atom. The fourth-order valence-corrected chi connectivity index (χ4v) is 10.3. The van der Waals surface area contributed by atoms with Gasteiger partial charge in [0.15, 0.2) is 5.82 Å². The second kappa shape index (κ2) is 15.0. The summed E-state index contributed by atoms with van der Waals surface area (Å²) in [5.74, 6) is 1.52. The lowest BCUT2D eigenvalue weighted by Crippen LogP contribution is -2.02. The van der Waals surface area contributed by atoms with Crippen molar-refractivity contribution in [3.8, 4) is 61.8 Å². The van der Waals surface area contributed by atoms with Crippen molar-refractivity contribution < 1.29 is 0 Å². The van der Waals surface area contributed by atoms with Crippen LogP contribution in [0.5, 0.6) is 0 Å². The van der Waals surface area contributed by atoms with E-state index in [2.05, 4.69) is 223 Å². The molecule has 3 nitrogen and oxygen atoms in total. The van der Waals surface area contributed by atoms with Gasteiger partial charge in [0.1, 0.15) is 5.82 Å². The molecule has 0 fully saturated rings. The highest BCUT2D eigenvalue weighted by molar-refractivity contribution is 6.28. The maximum atomic E-state index is 5.31. The first-order valence-corrected chi connectivity index (χ1v) is 22.2. The van der Waals surface area contributed by atoms with E-state index in [0.717, 1.165) is 44.6 Å². The van der Waals surface area contributed by atoms with E-state index in [-0.39, 0.29) is 0 Å². The van der Waals surface area contributed by atoms with E-state index in [9.17, 15) is 0 Å². The van der Waals surface area contributed by atoms with Gasteiger partial charge in [0.05, 0.1) is 16.7 Å². The van der Waals surface area contributed by atoms with Crippen molar-refractivity contribution in [1.29, 1.82) is 0 Å². The molecule has 11 aromatic carbocycles. The van der Waals surface area contributed by atoms with Crippen molar-refractivity contribution in [1.82, 2.24) is 14.5 Å². The molecule has 0 spiro atoms. The van der Waals surface area contributed by atoms with Crippen LogP contribution in [-0.2, 0) is 0 Å². The molecule has 2 heterocycles. The summed E-state index contributed by atoms with van der Waals surface area (Å²) in [4.78, 5) is 10.6. The normalized spacial score (nSPS) is 11.7. The number of nitrogens with zero attached hydrogens (tertiary/aromatic N) is 3. The van der Waals surface area contributed by atoms with Crippen molar-refractivity contribution in [2.24, 2.45) is 0 Å². The molecule has 0 N–H and O–H groups in total. The average molecular weight is 826 g/mol. The molecule has 0 atom stereocenters. The molecule has 0 aliphatic carbocycles. The third-order valence-corrected chi connectivity index (χ3v) is 13.2. The van der Waals surface area contributed by atoms with E-state index < -0.39 is 0 Å². The number of para-hydroxylation sites is 2. The molecule has 0 radical (unpaired) electrons. The Balaban J connectivity index is 0.976. The number of hydrogen-bond acceptors (Lipinski definition) is 2. The Bertz CT molecular complexity index is 3930. The van der Waals surface area contributed by atoms with E-state index in [1.54, 1.807) is 0 Å². The van der Waals surface area contributed by atoms with Crippen molar-refractivity contribution in [2.75, 3.05) is 0 Å². The summed E-state index contributed by atoms with van der Waals surface area (Å²) in [6, 6.07) is 85.3. The largest absolute Gasteiger partial charge is 0.294 e. The molecule has 0 unspecified atom stereocenters. The Kier molecular flexibility index (Phi) is 8.53. The first-order valence-electron chi connectivity index (χ1n) is 22.2. The van der Waals surface area contributed by atoms with Crippen LogP contribution >= 0.6 is 0 Å². The van der Waals surface area contributed by atoms with Gasteiger partial charge in [0.25, 0.3) is 0 Å². The molecular weight excluding hydrogens is 787 g/mol. The van der Waals surface area contributed by atoms with Gasteiger partial charge < -0.3 is 0 Å². The molecule has 0 saturated heterocycles. The minimum absolute atomic E-state index is 0.688. The van der Waals surface area contributed by atoms with E-state index in [1.807, 2.05) is 18.2 Å². The second-order valence-corrected chi connectivity index (χ2v) is 16.8. The van der Waals surface area contributed by atoms with E-state index in [1.165, 1.54) is 76.3 Å². The third kappa shape index (κ3) is 5.97. The molecule has 0 saturated carbocycles. The zero-order valence-corrected chi connectivity index (χ0v) is 35.4. The van der Waals surface area contributed by atoms with Crippen LogP contribution in [0.15, 0.2) is 237 Å². The van der Waals surface area contributed by atoms with Gasteiger partial charge in [-0.15, -0.1) is 0 Å². The summed E-state index contributed by atoms with van der Waals surface area (Å²) in [5.41, 5.74) is 12.4. The van der Waals surface area contributed by atoms with E-state index in [4.69, 9.17) is 9.97 Å².